The number of amides is 3. The number of rotatable bonds is 11. The summed E-state index contributed by atoms with van der Waals surface area (Å²) in [4.78, 5) is 43.4. The lowest BCUT2D eigenvalue weighted by molar-refractivity contribution is -0.120. The summed E-state index contributed by atoms with van der Waals surface area (Å²) in [5.74, 6) is -0.702. The van der Waals surface area contributed by atoms with Crippen LogP contribution in [0.3, 0.4) is 0 Å². The average molecular weight is 499 g/mol. The Morgan fingerprint density at radius 2 is 1.76 bits per heavy atom. The van der Waals surface area contributed by atoms with Gasteiger partial charge in [-0.3, -0.25) is 14.4 Å². The molecule has 0 saturated heterocycles. The lowest BCUT2D eigenvalue weighted by Crippen LogP contribution is -2.38. The lowest BCUT2D eigenvalue weighted by atomic mass is 10.1. The van der Waals surface area contributed by atoms with Crippen molar-refractivity contribution in [1.29, 1.82) is 0 Å². The highest BCUT2D eigenvalue weighted by Gasteiger charge is 2.19. The van der Waals surface area contributed by atoms with E-state index in [1.165, 1.54) is 16.2 Å². The van der Waals surface area contributed by atoms with E-state index in [9.17, 15) is 14.4 Å². The molecule has 3 amide bonds. The zero-order valence-corrected chi connectivity index (χ0v) is 20.5. The summed E-state index contributed by atoms with van der Waals surface area (Å²) in [5.41, 5.74) is 2.22. The lowest BCUT2D eigenvalue weighted by Gasteiger charge is -2.21. The number of carbonyl (C=O) groups is 3. The van der Waals surface area contributed by atoms with E-state index in [0.717, 1.165) is 12.0 Å². The number of thiazole rings is 1. The van der Waals surface area contributed by atoms with Gasteiger partial charge >= 0.3 is 0 Å². The Morgan fingerprint density at radius 1 is 1.03 bits per heavy atom. The van der Waals surface area contributed by atoms with E-state index in [2.05, 4.69) is 15.6 Å². The minimum Gasteiger partial charge on any atom is -0.355 e. The van der Waals surface area contributed by atoms with Crippen LogP contribution in [0.4, 0.5) is 5.13 Å². The SMILES string of the molecule is CCCN(CC(=O)Nc1nc(CC(=O)NCCc2ccccc2)cs1)C(=O)c1ccc(Cl)cc1. The van der Waals surface area contributed by atoms with Gasteiger partial charge in [-0.15, -0.1) is 11.3 Å². The Balaban J connectivity index is 1.47. The topological polar surface area (TPSA) is 91.4 Å². The molecule has 0 atom stereocenters. The molecule has 1 heterocycles. The fourth-order valence-electron chi connectivity index (χ4n) is 3.29. The van der Waals surface area contributed by atoms with Crippen LogP contribution in [0, 0.1) is 0 Å². The van der Waals surface area contributed by atoms with E-state index >= 15 is 0 Å². The average Bonchev–Trinajstić information content (AvgIpc) is 3.25. The first-order valence-electron chi connectivity index (χ1n) is 11.0. The van der Waals surface area contributed by atoms with Gasteiger partial charge in [0, 0.05) is 29.1 Å². The van der Waals surface area contributed by atoms with Crippen LogP contribution < -0.4 is 10.6 Å². The second kappa shape index (κ2) is 12.9. The summed E-state index contributed by atoms with van der Waals surface area (Å²) in [5, 5.41) is 8.30. The van der Waals surface area contributed by atoms with E-state index < -0.39 is 0 Å². The van der Waals surface area contributed by atoms with Crippen LogP contribution in [0.5, 0.6) is 0 Å². The van der Waals surface area contributed by atoms with Gasteiger partial charge in [0.05, 0.1) is 12.1 Å². The maximum Gasteiger partial charge on any atom is 0.254 e. The summed E-state index contributed by atoms with van der Waals surface area (Å²) < 4.78 is 0. The fourth-order valence-corrected chi connectivity index (χ4v) is 4.15. The molecule has 0 unspecified atom stereocenters. The van der Waals surface area contributed by atoms with Crippen molar-refractivity contribution in [2.24, 2.45) is 0 Å². The number of carbonyl (C=O) groups excluding carboxylic acids is 3. The highest BCUT2D eigenvalue weighted by Crippen LogP contribution is 2.16. The number of hydrogen-bond donors (Lipinski definition) is 2. The largest absolute Gasteiger partial charge is 0.355 e. The molecule has 9 heteroatoms. The highest BCUT2D eigenvalue weighted by molar-refractivity contribution is 7.13. The first-order valence-corrected chi connectivity index (χ1v) is 12.3. The second-order valence-electron chi connectivity index (χ2n) is 7.69. The van der Waals surface area contributed by atoms with Crippen molar-refractivity contribution < 1.29 is 14.4 Å². The van der Waals surface area contributed by atoms with Crippen LogP contribution >= 0.6 is 22.9 Å². The zero-order chi connectivity index (χ0) is 24.3. The molecule has 0 fully saturated rings. The van der Waals surface area contributed by atoms with E-state index in [1.807, 2.05) is 37.3 Å². The van der Waals surface area contributed by atoms with Crippen molar-refractivity contribution >= 4 is 45.8 Å². The number of anilines is 1. The van der Waals surface area contributed by atoms with E-state index in [0.29, 0.717) is 40.9 Å². The van der Waals surface area contributed by atoms with Gasteiger partial charge in [-0.2, -0.15) is 0 Å². The van der Waals surface area contributed by atoms with Crippen LogP contribution in [0.15, 0.2) is 60.0 Å². The van der Waals surface area contributed by atoms with Gasteiger partial charge in [-0.1, -0.05) is 48.9 Å². The maximum absolute atomic E-state index is 12.8. The zero-order valence-electron chi connectivity index (χ0n) is 18.9. The van der Waals surface area contributed by atoms with Crippen LogP contribution in [-0.2, 0) is 22.4 Å². The second-order valence-corrected chi connectivity index (χ2v) is 8.98. The molecule has 178 valence electrons. The van der Waals surface area contributed by atoms with Crippen molar-refractivity contribution in [2.75, 3.05) is 25.0 Å². The van der Waals surface area contributed by atoms with E-state index in [1.54, 1.807) is 29.6 Å². The van der Waals surface area contributed by atoms with Crippen LogP contribution in [0.1, 0.15) is 35.0 Å². The van der Waals surface area contributed by atoms with Crippen LogP contribution in [-0.4, -0.2) is 47.2 Å². The predicted octanol–water partition coefficient (Wildman–Crippen LogP) is 4.19. The first-order chi connectivity index (χ1) is 16.4. The van der Waals surface area contributed by atoms with Crippen LogP contribution in [0.25, 0.3) is 0 Å². The number of hydrogen-bond acceptors (Lipinski definition) is 5. The third-order valence-corrected chi connectivity index (χ3v) is 5.98. The number of nitrogens with zero attached hydrogens (tertiary/aromatic N) is 2. The van der Waals surface area contributed by atoms with Crippen molar-refractivity contribution in [3.63, 3.8) is 0 Å². The molecular formula is C25H27ClN4O3S. The van der Waals surface area contributed by atoms with Crippen molar-refractivity contribution in [3.05, 3.63) is 81.8 Å². The van der Waals surface area contributed by atoms with Crippen molar-refractivity contribution in [2.45, 2.75) is 26.2 Å². The molecule has 34 heavy (non-hydrogen) atoms. The summed E-state index contributed by atoms with van der Waals surface area (Å²) in [7, 11) is 0. The molecular weight excluding hydrogens is 472 g/mol. The molecule has 3 aromatic rings. The molecule has 2 N–H and O–H groups in total. The molecule has 0 bridgehead atoms. The van der Waals surface area contributed by atoms with Gasteiger partial charge in [-0.25, -0.2) is 4.98 Å². The summed E-state index contributed by atoms with van der Waals surface area (Å²) >= 11 is 7.14. The van der Waals surface area contributed by atoms with Gasteiger partial charge in [0.15, 0.2) is 5.13 Å². The third-order valence-electron chi connectivity index (χ3n) is 4.92. The number of benzene rings is 2. The van der Waals surface area contributed by atoms with Crippen LogP contribution in [0.2, 0.25) is 5.02 Å². The fraction of sp³-hybridized carbons (Fsp3) is 0.280. The number of halogens is 1. The maximum atomic E-state index is 12.8. The molecule has 0 aliphatic carbocycles. The molecule has 7 nitrogen and oxygen atoms in total. The summed E-state index contributed by atoms with van der Waals surface area (Å²) in [6, 6.07) is 16.5. The Bertz CT molecular complexity index is 1100. The quantitative estimate of drug-likeness (QED) is 0.414. The third kappa shape index (κ3) is 7.97. The standard InChI is InChI=1S/C25H27ClN4O3S/c1-2-14-30(24(33)19-8-10-20(26)11-9-19)16-23(32)29-25-28-21(17-34-25)15-22(31)27-13-12-18-6-4-3-5-7-18/h3-11,17H,2,12-16H2,1H3,(H,27,31)(H,28,29,32). The predicted molar refractivity (Wildman–Crippen MR) is 135 cm³/mol. The van der Waals surface area contributed by atoms with Gasteiger partial charge in [0.1, 0.15) is 6.54 Å². The number of nitrogens with one attached hydrogen (secondary N) is 2. The van der Waals surface area contributed by atoms with Gasteiger partial charge in [-0.05, 0) is 42.7 Å². The molecule has 1 aromatic heterocycles. The van der Waals surface area contributed by atoms with Crippen molar-refractivity contribution in [3.8, 4) is 0 Å². The Kier molecular flexibility index (Phi) is 9.61. The summed E-state index contributed by atoms with van der Waals surface area (Å²) in [6.07, 6.45) is 1.61. The molecule has 2 aromatic carbocycles. The monoisotopic (exact) mass is 498 g/mol. The molecule has 0 aliphatic rings. The molecule has 0 radical (unpaired) electrons. The minimum atomic E-state index is -0.344. The minimum absolute atomic E-state index is 0.0931. The normalized spacial score (nSPS) is 10.5. The Hall–Kier alpha value is -3.23. The molecule has 0 saturated carbocycles. The Labute approximate surface area is 208 Å². The first kappa shape index (κ1) is 25.4. The van der Waals surface area contributed by atoms with Gasteiger partial charge in [0.25, 0.3) is 5.91 Å². The van der Waals surface area contributed by atoms with Gasteiger partial charge < -0.3 is 15.5 Å². The highest BCUT2D eigenvalue weighted by atomic mass is 35.5. The van der Waals surface area contributed by atoms with Crippen molar-refractivity contribution in [1.82, 2.24) is 15.2 Å². The van der Waals surface area contributed by atoms with E-state index in [-0.39, 0.29) is 30.7 Å². The smallest absolute Gasteiger partial charge is 0.254 e. The molecule has 0 aliphatic heterocycles. The van der Waals surface area contributed by atoms with E-state index in [4.69, 9.17) is 11.6 Å². The Morgan fingerprint density at radius 3 is 2.47 bits per heavy atom. The number of aromatic nitrogens is 1. The van der Waals surface area contributed by atoms with Gasteiger partial charge in [0.2, 0.25) is 11.8 Å². The molecule has 0 spiro atoms. The molecule has 3 rings (SSSR count). The summed E-state index contributed by atoms with van der Waals surface area (Å²) in [6.45, 7) is 2.84.